The van der Waals surface area contributed by atoms with Crippen molar-refractivity contribution >= 4 is 0 Å². The molecule has 0 saturated heterocycles. The summed E-state index contributed by atoms with van der Waals surface area (Å²) in [5.74, 6) is 3.05. The second kappa shape index (κ2) is 5.40. The van der Waals surface area contributed by atoms with Crippen LogP contribution in [0.5, 0.6) is 0 Å². The molecular formula is C12H24. The highest BCUT2D eigenvalue weighted by molar-refractivity contribution is 4.84. The van der Waals surface area contributed by atoms with Gasteiger partial charge in [-0.3, -0.25) is 0 Å². The molecule has 0 heterocycles. The maximum atomic E-state index is 3.89. The van der Waals surface area contributed by atoms with E-state index < -0.39 is 0 Å². The predicted molar refractivity (Wildman–Crippen MR) is 57.1 cm³/mol. The van der Waals surface area contributed by atoms with Crippen molar-refractivity contribution in [1.82, 2.24) is 0 Å². The molecule has 3 unspecified atom stereocenters. The topological polar surface area (TPSA) is 0 Å². The van der Waals surface area contributed by atoms with E-state index in [4.69, 9.17) is 0 Å². The molecule has 0 saturated carbocycles. The lowest BCUT2D eigenvalue weighted by Crippen LogP contribution is -2.20. The molecule has 0 rings (SSSR count). The largest absolute Gasteiger partial charge is 0.103 e. The second-order valence-corrected chi connectivity index (χ2v) is 4.27. The molecule has 0 aliphatic rings. The van der Waals surface area contributed by atoms with Crippen LogP contribution in [-0.2, 0) is 0 Å². The maximum Gasteiger partial charge on any atom is -0.0210 e. The van der Waals surface area contributed by atoms with E-state index in [1.807, 2.05) is 0 Å². The molecule has 12 heavy (non-hydrogen) atoms. The highest BCUT2D eigenvalue weighted by Gasteiger charge is 2.20. The molecule has 0 spiro atoms. The van der Waals surface area contributed by atoms with Gasteiger partial charge >= 0.3 is 0 Å². The van der Waals surface area contributed by atoms with Crippen LogP contribution in [-0.4, -0.2) is 0 Å². The van der Waals surface area contributed by atoms with Gasteiger partial charge in [0.2, 0.25) is 0 Å². The quantitative estimate of drug-likeness (QED) is 0.541. The van der Waals surface area contributed by atoms with E-state index in [2.05, 4.69) is 47.3 Å². The fraction of sp³-hybridized carbons (Fsp3) is 0.833. The summed E-state index contributed by atoms with van der Waals surface area (Å²) in [6, 6.07) is 0. The summed E-state index contributed by atoms with van der Waals surface area (Å²) in [7, 11) is 0. The first-order valence-corrected chi connectivity index (χ1v) is 5.17. The van der Waals surface area contributed by atoms with Crippen molar-refractivity contribution in [2.24, 2.45) is 23.7 Å². The van der Waals surface area contributed by atoms with Crippen LogP contribution < -0.4 is 0 Å². The van der Waals surface area contributed by atoms with Crippen LogP contribution in [0.2, 0.25) is 0 Å². The first kappa shape index (κ1) is 11.7. The minimum Gasteiger partial charge on any atom is -0.103 e. The smallest absolute Gasteiger partial charge is 0.0210 e. The fourth-order valence-electron chi connectivity index (χ4n) is 1.75. The molecule has 0 bridgehead atoms. The molecule has 3 atom stereocenters. The molecule has 0 amide bonds. The standard InChI is InChI=1S/C12H24/c1-7-12(8-2)11(6)10(5)9(3)4/h7,9-12H,1,8H2,2-6H3. The van der Waals surface area contributed by atoms with Gasteiger partial charge in [0.15, 0.2) is 0 Å². The van der Waals surface area contributed by atoms with Crippen LogP contribution in [0, 0.1) is 23.7 Å². The third-order valence-electron chi connectivity index (χ3n) is 3.33. The second-order valence-electron chi connectivity index (χ2n) is 4.27. The zero-order chi connectivity index (χ0) is 9.72. The van der Waals surface area contributed by atoms with Crippen molar-refractivity contribution in [2.45, 2.75) is 41.0 Å². The lowest BCUT2D eigenvalue weighted by atomic mass is 9.77. The van der Waals surface area contributed by atoms with Crippen molar-refractivity contribution in [3.63, 3.8) is 0 Å². The lowest BCUT2D eigenvalue weighted by molar-refractivity contribution is 0.237. The Kier molecular flexibility index (Phi) is 5.28. The third-order valence-corrected chi connectivity index (χ3v) is 3.33. The average Bonchev–Trinajstić information content (AvgIpc) is 2.05. The molecule has 0 aromatic carbocycles. The van der Waals surface area contributed by atoms with E-state index in [0.29, 0.717) is 5.92 Å². The van der Waals surface area contributed by atoms with Crippen LogP contribution in [0.15, 0.2) is 12.7 Å². The minimum atomic E-state index is 0.697. The van der Waals surface area contributed by atoms with Crippen LogP contribution in [0.1, 0.15) is 41.0 Å². The Labute approximate surface area is 78.1 Å². The van der Waals surface area contributed by atoms with E-state index in [1.165, 1.54) is 6.42 Å². The maximum absolute atomic E-state index is 3.89. The van der Waals surface area contributed by atoms with E-state index >= 15 is 0 Å². The summed E-state index contributed by atoms with van der Waals surface area (Å²) >= 11 is 0. The summed E-state index contributed by atoms with van der Waals surface area (Å²) in [6.45, 7) is 15.4. The van der Waals surface area contributed by atoms with Crippen LogP contribution in [0.3, 0.4) is 0 Å². The number of hydrogen-bond donors (Lipinski definition) is 0. The monoisotopic (exact) mass is 168 g/mol. The normalized spacial score (nSPS) is 18.8. The van der Waals surface area contributed by atoms with Gasteiger partial charge in [-0.2, -0.15) is 0 Å². The van der Waals surface area contributed by atoms with Crippen molar-refractivity contribution < 1.29 is 0 Å². The van der Waals surface area contributed by atoms with Gasteiger partial charge in [-0.1, -0.05) is 40.7 Å². The Morgan fingerprint density at radius 2 is 1.58 bits per heavy atom. The predicted octanol–water partition coefficient (Wildman–Crippen LogP) is 4.13. The molecule has 0 aliphatic carbocycles. The molecule has 0 aromatic rings. The van der Waals surface area contributed by atoms with Crippen molar-refractivity contribution in [3.05, 3.63) is 12.7 Å². The van der Waals surface area contributed by atoms with Gasteiger partial charge in [0.25, 0.3) is 0 Å². The van der Waals surface area contributed by atoms with Crippen molar-refractivity contribution in [3.8, 4) is 0 Å². The summed E-state index contributed by atoms with van der Waals surface area (Å²) in [4.78, 5) is 0. The molecule has 72 valence electrons. The van der Waals surface area contributed by atoms with Gasteiger partial charge in [-0.05, 0) is 30.1 Å². The van der Waals surface area contributed by atoms with Gasteiger partial charge in [0.05, 0.1) is 0 Å². The Morgan fingerprint density at radius 3 is 1.83 bits per heavy atom. The highest BCUT2D eigenvalue weighted by atomic mass is 14.3. The van der Waals surface area contributed by atoms with Gasteiger partial charge in [0, 0.05) is 0 Å². The average molecular weight is 168 g/mol. The van der Waals surface area contributed by atoms with Crippen molar-refractivity contribution in [2.75, 3.05) is 0 Å². The van der Waals surface area contributed by atoms with Gasteiger partial charge in [-0.25, -0.2) is 0 Å². The molecule has 0 radical (unpaired) electrons. The third kappa shape index (κ3) is 3.00. The fourth-order valence-corrected chi connectivity index (χ4v) is 1.75. The van der Waals surface area contributed by atoms with E-state index in [0.717, 1.165) is 17.8 Å². The Hall–Kier alpha value is -0.260. The summed E-state index contributed by atoms with van der Waals surface area (Å²) in [6.07, 6.45) is 3.34. The Morgan fingerprint density at radius 1 is 1.08 bits per heavy atom. The van der Waals surface area contributed by atoms with Crippen molar-refractivity contribution in [1.29, 1.82) is 0 Å². The van der Waals surface area contributed by atoms with Crippen LogP contribution >= 0.6 is 0 Å². The first-order valence-electron chi connectivity index (χ1n) is 5.17. The molecule has 0 aliphatic heterocycles. The van der Waals surface area contributed by atoms with E-state index in [-0.39, 0.29) is 0 Å². The first-order chi connectivity index (χ1) is 5.54. The SMILES string of the molecule is C=CC(CC)C(C)C(C)C(C)C. The van der Waals surface area contributed by atoms with Crippen LogP contribution in [0.25, 0.3) is 0 Å². The number of hydrogen-bond acceptors (Lipinski definition) is 0. The molecular weight excluding hydrogens is 144 g/mol. The summed E-state index contributed by atoms with van der Waals surface area (Å²) < 4.78 is 0. The molecule has 0 aromatic heterocycles. The molecule has 0 N–H and O–H groups in total. The highest BCUT2D eigenvalue weighted by Crippen LogP contribution is 2.28. The summed E-state index contributed by atoms with van der Waals surface area (Å²) in [5, 5.41) is 0. The molecule has 0 heteroatoms. The van der Waals surface area contributed by atoms with Gasteiger partial charge < -0.3 is 0 Å². The van der Waals surface area contributed by atoms with E-state index in [1.54, 1.807) is 0 Å². The Bertz CT molecular complexity index is 124. The zero-order valence-corrected chi connectivity index (χ0v) is 9.30. The Balaban J connectivity index is 4.14. The van der Waals surface area contributed by atoms with Gasteiger partial charge in [0.1, 0.15) is 0 Å². The zero-order valence-electron chi connectivity index (χ0n) is 9.30. The lowest BCUT2D eigenvalue weighted by Gasteiger charge is -2.28. The molecule has 0 nitrogen and oxygen atoms in total. The molecule has 0 fully saturated rings. The summed E-state index contributed by atoms with van der Waals surface area (Å²) in [5.41, 5.74) is 0. The van der Waals surface area contributed by atoms with Crippen LogP contribution in [0.4, 0.5) is 0 Å². The van der Waals surface area contributed by atoms with Gasteiger partial charge in [-0.15, -0.1) is 6.58 Å². The van der Waals surface area contributed by atoms with E-state index in [9.17, 15) is 0 Å². The minimum absolute atomic E-state index is 0.697. The number of rotatable bonds is 5. The number of allylic oxidation sites excluding steroid dienone is 1.